The maximum atomic E-state index is 12.8. The van der Waals surface area contributed by atoms with Crippen LogP contribution >= 0.6 is 11.6 Å². The number of hydrogen-bond donors (Lipinski definition) is 0. The summed E-state index contributed by atoms with van der Waals surface area (Å²) in [7, 11) is 0.883. The Kier molecular flexibility index (Phi) is 4.76. The minimum absolute atomic E-state index is 0.0426. The monoisotopic (exact) mass is 377 g/mol. The van der Waals surface area contributed by atoms with Gasteiger partial charge < -0.3 is 0 Å². The van der Waals surface area contributed by atoms with Gasteiger partial charge in [0.05, 0.1) is 16.5 Å². The van der Waals surface area contributed by atoms with Crippen LogP contribution in [0.2, 0.25) is 5.02 Å². The van der Waals surface area contributed by atoms with Gasteiger partial charge in [-0.2, -0.15) is 13.2 Å². The van der Waals surface area contributed by atoms with E-state index in [0.717, 1.165) is 19.2 Å². The predicted molar refractivity (Wildman–Crippen MR) is 82.9 cm³/mol. The normalized spacial score (nSPS) is 11.6. The van der Waals surface area contributed by atoms with Gasteiger partial charge in [0.25, 0.3) is 11.2 Å². The number of aromatic nitrogens is 2. The van der Waals surface area contributed by atoms with Gasteiger partial charge in [0.2, 0.25) is 0 Å². The van der Waals surface area contributed by atoms with Crippen molar-refractivity contribution in [2.24, 2.45) is 7.05 Å². The van der Waals surface area contributed by atoms with E-state index in [2.05, 4.69) is 0 Å². The summed E-state index contributed by atoms with van der Waals surface area (Å²) in [6.07, 6.45) is -4.86. The molecule has 1 aromatic carbocycles. The second-order valence-electron chi connectivity index (χ2n) is 5.26. The number of rotatable bonds is 3. The highest BCUT2D eigenvalue weighted by Crippen LogP contribution is 2.28. The highest BCUT2D eigenvalue weighted by Gasteiger charge is 2.35. The van der Waals surface area contributed by atoms with Crippen molar-refractivity contribution in [2.45, 2.75) is 19.6 Å². The lowest BCUT2D eigenvalue weighted by atomic mass is 10.1. The van der Waals surface area contributed by atoms with Crippen LogP contribution in [0.15, 0.2) is 27.8 Å². The molecule has 134 valence electrons. The SMILES string of the molecule is Cc1c(Cl)cc([N+](=O)[O-])cc1Cn1c(=O)cc(C(F)(F)F)n(C)c1=O. The molecule has 1 aromatic heterocycles. The van der Waals surface area contributed by atoms with Crippen LogP contribution < -0.4 is 11.2 Å². The Morgan fingerprint density at radius 1 is 1.24 bits per heavy atom. The van der Waals surface area contributed by atoms with Gasteiger partial charge in [0.15, 0.2) is 0 Å². The first-order chi connectivity index (χ1) is 11.4. The highest BCUT2D eigenvalue weighted by atomic mass is 35.5. The predicted octanol–water partition coefficient (Wildman–Crippen LogP) is 2.48. The molecule has 0 saturated carbocycles. The van der Waals surface area contributed by atoms with Crippen LogP contribution in [-0.4, -0.2) is 14.1 Å². The molecule has 1 heterocycles. The quantitative estimate of drug-likeness (QED) is 0.607. The zero-order valence-electron chi connectivity index (χ0n) is 12.9. The van der Waals surface area contributed by atoms with Gasteiger partial charge >= 0.3 is 11.9 Å². The largest absolute Gasteiger partial charge is 0.431 e. The van der Waals surface area contributed by atoms with E-state index in [0.29, 0.717) is 20.8 Å². The zero-order valence-corrected chi connectivity index (χ0v) is 13.7. The molecular weight excluding hydrogens is 367 g/mol. The first-order valence-electron chi connectivity index (χ1n) is 6.75. The van der Waals surface area contributed by atoms with Crippen LogP contribution in [0.4, 0.5) is 18.9 Å². The van der Waals surface area contributed by atoms with Crippen molar-refractivity contribution < 1.29 is 18.1 Å². The molecule has 0 aliphatic carbocycles. The molecule has 0 unspecified atom stereocenters. The molecular formula is C14H11ClF3N3O4. The number of nitro benzene ring substituents is 1. The first kappa shape index (κ1) is 18.7. The topological polar surface area (TPSA) is 87.1 Å². The number of benzene rings is 1. The Hall–Kier alpha value is -2.62. The molecule has 0 radical (unpaired) electrons. The minimum atomic E-state index is -4.86. The van der Waals surface area contributed by atoms with Crippen molar-refractivity contribution in [3.8, 4) is 0 Å². The molecule has 0 saturated heterocycles. The summed E-state index contributed by atoms with van der Waals surface area (Å²) in [6, 6.07) is 2.52. The van der Waals surface area contributed by atoms with Gasteiger partial charge in [0, 0.05) is 25.2 Å². The summed E-state index contributed by atoms with van der Waals surface area (Å²) < 4.78 is 39.3. The smallest absolute Gasteiger partial charge is 0.292 e. The van der Waals surface area contributed by atoms with Gasteiger partial charge in [-0.3, -0.25) is 24.0 Å². The van der Waals surface area contributed by atoms with E-state index in [1.54, 1.807) is 0 Å². The summed E-state index contributed by atoms with van der Waals surface area (Å²) in [4.78, 5) is 34.3. The summed E-state index contributed by atoms with van der Waals surface area (Å²) >= 11 is 5.90. The molecule has 0 aliphatic heterocycles. The van der Waals surface area contributed by atoms with Crippen LogP contribution in [-0.2, 0) is 19.8 Å². The number of non-ortho nitro benzene ring substituents is 1. The van der Waals surface area contributed by atoms with Gasteiger partial charge in [-0.25, -0.2) is 4.79 Å². The average molecular weight is 378 g/mol. The molecule has 0 amide bonds. The maximum Gasteiger partial charge on any atom is 0.431 e. The van der Waals surface area contributed by atoms with E-state index in [4.69, 9.17) is 11.6 Å². The van der Waals surface area contributed by atoms with E-state index in [1.807, 2.05) is 0 Å². The Balaban J connectivity index is 2.64. The summed E-state index contributed by atoms with van der Waals surface area (Å²) in [5, 5.41) is 10.9. The number of nitro groups is 1. The fourth-order valence-electron chi connectivity index (χ4n) is 2.25. The van der Waals surface area contributed by atoms with Gasteiger partial charge in [0.1, 0.15) is 5.69 Å². The van der Waals surface area contributed by atoms with Crippen molar-refractivity contribution in [3.05, 3.63) is 71.0 Å². The molecule has 11 heteroatoms. The number of alkyl halides is 3. The molecule has 7 nitrogen and oxygen atoms in total. The van der Waals surface area contributed by atoms with E-state index >= 15 is 0 Å². The summed E-state index contributed by atoms with van der Waals surface area (Å²) in [5.41, 5.74) is -3.55. The van der Waals surface area contributed by atoms with Gasteiger partial charge in [-0.1, -0.05) is 11.6 Å². The third-order valence-electron chi connectivity index (χ3n) is 3.67. The summed E-state index contributed by atoms with van der Waals surface area (Å²) in [6.45, 7) is 1.07. The maximum absolute atomic E-state index is 12.8. The molecule has 0 aliphatic rings. The van der Waals surface area contributed by atoms with Crippen LogP contribution in [0.1, 0.15) is 16.8 Å². The third-order valence-corrected chi connectivity index (χ3v) is 4.06. The average Bonchev–Trinajstić information content (AvgIpc) is 2.49. The second kappa shape index (κ2) is 6.36. The Labute approximate surface area is 143 Å². The molecule has 0 bridgehead atoms. The molecule has 2 aromatic rings. The van der Waals surface area contributed by atoms with E-state index < -0.39 is 34.6 Å². The van der Waals surface area contributed by atoms with Crippen LogP contribution in [0.5, 0.6) is 0 Å². The first-order valence-corrected chi connectivity index (χ1v) is 7.12. The van der Waals surface area contributed by atoms with Gasteiger partial charge in [-0.15, -0.1) is 0 Å². The lowest BCUT2D eigenvalue weighted by Crippen LogP contribution is -2.42. The Bertz CT molecular complexity index is 979. The molecule has 0 atom stereocenters. The van der Waals surface area contributed by atoms with Crippen molar-refractivity contribution in [3.63, 3.8) is 0 Å². The fraction of sp³-hybridized carbons (Fsp3) is 0.286. The number of nitrogens with zero attached hydrogens (tertiary/aromatic N) is 3. The minimum Gasteiger partial charge on any atom is -0.292 e. The second-order valence-corrected chi connectivity index (χ2v) is 5.67. The van der Waals surface area contributed by atoms with Crippen molar-refractivity contribution >= 4 is 17.3 Å². The number of hydrogen-bond acceptors (Lipinski definition) is 4. The van der Waals surface area contributed by atoms with Crippen molar-refractivity contribution in [2.75, 3.05) is 0 Å². The molecule has 0 spiro atoms. The number of halogens is 4. The lowest BCUT2D eigenvalue weighted by Gasteiger charge is -2.15. The molecule has 25 heavy (non-hydrogen) atoms. The fourth-order valence-corrected chi connectivity index (χ4v) is 2.48. The van der Waals surface area contributed by atoms with E-state index in [-0.39, 0.29) is 16.3 Å². The van der Waals surface area contributed by atoms with E-state index in [1.165, 1.54) is 6.92 Å². The Morgan fingerprint density at radius 2 is 1.84 bits per heavy atom. The van der Waals surface area contributed by atoms with Crippen LogP contribution in [0, 0.1) is 17.0 Å². The third kappa shape index (κ3) is 3.58. The van der Waals surface area contributed by atoms with Crippen LogP contribution in [0.3, 0.4) is 0 Å². The lowest BCUT2D eigenvalue weighted by molar-refractivity contribution is -0.384. The molecule has 2 rings (SSSR count). The standard InChI is InChI=1S/C14H11ClF3N3O4/c1-7-8(3-9(21(24)25)4-10(7)15)6-20-12(22)5-11(14(16,17)18)19(2)13(20)23/h3-5H,6H2,1-2H3. The molecule has 0 N–H and O–H groups in total. The summed E-state index contributed by atoms with van der Waals surface area (Å²) in [5.74, 6) is 0. The van der Waals surface area contributed by atoms with Crippen molar-refractivity contribution in [1.82, 2.24) is 9.13 Å². The highest BCUT2D eigenvalue weighted by molar-refractivity contribution is 6.31. The van der Waals surface area contributed by atoms with Crippen molar-refractivity contribution in [1.29, 1.82) is 0 Å². The molecule has 0 fully saturated rings. The Morgan fingerprint density at radius 3 is 2.36 bits per heavy atom. The van der Waals surface area contributed by atoms with E-state index in [9.17, 15) is 32.9 Å². The van der Waals surface area contributed by atoms with Gasteiger partial charge in [-0.05, 0) is 18.1 Å². The van der Waals surface area contributed by atoms with Crippen LogP contribution in [0.25, 0.3) is 0 Å². The zero-order chi connectivity index (χ0) is 19.1.